The summed E-state index contributed by atoms with van der Waals surface area (Å²) in [5.74, 6) is -0.507. The molecule has 0 bridgehead atoms. The van der Waals surface area contributed by atoms with Crippen LogP contribution >= 0.6 is 0 Å². The summed E-state index contributed by atoms with van der Waals surface area (Å²) < 4.78 is 0. The summed E-state index contributed by atoms with van der Waals surface area (Å²) in [7, 11) is 0. The van der Waals surface area contributed by atoms with Gasteiger partial charge in [0.15, 0.2) is 11.5 Å². The van der Waals surface area contributed by atoms with Gasteiger partial charge in [-0.1, -0.05) is 51.5 Å². The van der Waals surface area contributed by atoms with Gasteiger partial charge in [0.2, 0.25) is 0 Å². The molecule has 1 unspecified atom stereocenters. The molecule has 43 heavy (non-hydrogen) atoms. The Morgan fingerprint density at radius 1 is 0.930 bits per heavy atom. The highest BCUT2D eigenvalue weighted by atomic mass is 16.4. The number of benzene rings is 2. The number of fused-ring (bicyclic) bond motifs is 8. The molecule has 0 spiro atoms. The number of aryl methyl sites for hydroxylation is 1. The second kappa shape index (κ2) is 8.70. The van der Waals surface area contributed by atoms with Crippen LogP contribution in [0.4, 0.5) is 0 Å². The summed E-state index contributed by atoms with van der Waals surface area (Å²) in [6.45, 7) is 15.7. The molecule has 4 aliphatic rings. The Labute approximate surface area is 255 Å². The van der Waals surface area contributed by atoms with Crippen LogP contribution in [0.2, 0.25) is 0 Å². The molecule has 2 aromatic carbocycles. The summed E-state index contributed by atoms with van der Waals surface area (Å²) in [4.78, 5) is 16.1. The molecule has 7 rings (SSSR count). The second-order valence-electron chi connectivity index (χ2n) is 16.0. The maximum atomic E-state index is 12.6. The first kappa shape index (κ1) is 28.6. The summed E-state index contributed by atoms with van der Waals surface area (Å²) in [6.07, 6.45) is 11.2. The van der Waals surface area contributed by atoms with Crippen molar-refractivity contribution >= 4 is 16.9 Å². The summed E-state index contributed by atoms with van der Waals surface area (Å²) >= 11 is 0. The van der Waals surface area contributed by atoms with Gasteiger partial charge in [-0.2, -0.15) is 0 Å². The molecule has 0 aliphatic heterocycles. The van der Waals surface area contributed by atoms with Crippen molar-refractivity contribution < 1.29 is 20.1 Å². The minimum Gasteiger partial charge on any atom is -0.504 e. The van der Waals surface area contributed by atoms with Crippen LogP contribution in [0.1, 0.15) is 113 Å². The molecule has 1 aromatic heterocycles. The van der Waals surface area contributed by atoms with E-state index in [2.05, 4.69) is 70.1 Å². The van der Waals surface area contributed by atoms with Crippen molar-refractivity contribution in [3.63, 3.8) is 0 Å². The highest BCUT2D eigenvalue weighted by Gasteiger charge is 2.67. The third-order valence-electron chi connectivity index (χ3n) is 13.8. The fourth-order valence-electron chi connectivity index (χ4n) is 10.7. The van der Waals surface area contributed by atoms with Crippen molar-refractivity contribution in [2.75, 3.05) is 0 Å². The highest BCUT2D eigenvalue weighted by molar-refractivity contribution is 5.86. The lowest BCUT2D eigenvalue weighted by Crippen LogP contribution is -2.62. The normalized spacial score (nSPS) is 38.4. The third kappa shape index (κ3) is 3.54. The molecule has 3 fully saturated rings. The van der Waals surface area contributed by atoms with E-state index in [0.29, 0.717) is 5.92 Å². The first-order valence-corrected chi connectivity index (χ1v) is 16.2. The number of aromatic hydroxyl groups is 2. The van der Waals surface area contributed by atoms with E-state index in [1.165, 1.54) is 22.1 Å². The summed E-state index contributed by atoms with van der Waals surface area (Å²) in [5.41, 5.74) is 6.86. The van der Waals surface area contributed by atoms with Gasteiger partial charge >= 0.3 is 5.97 Å². The molecular weight excluding hydrogens is 534 g/mol. The van der Waals surface area contributed by atoms with Crippen LogP contribution < -0.4 is 0 Å². The molecule has 4 aliphatic carbocycles. The fourth-order valence-corrected chi connectivity index (χ4v) is 10.7. The first-order chi connectivity index (χ1) is 20.1. The fraction of sp³-hybridized carbons (Fsp3) is 0.553. The van der Waals surface area contributed by atoms with Crippen LogP contribution in [0.25, 0.3) is 10.9 Å². The van der Waals surface area contributed by atoms with E-state index in [1.54, 1.807) is 0 Å². The molecule has 3 saturated carbocycles. The maximum Gasteiger partial charge on any atom is 0.309 e. The van der Waals surface area contributed by atoms with Crippen LogP contribution in [0.5, 0.6) is 11.5 Å². The number of nitrogens with one attached hydrogen (secondary N) is 1. The van der Waals surface area contributed by atoms with Gasteiger partial charge in [-0.25, -0.2) is 0 Å². The van der Waals surface area contributed by atoms with Gasteiger partial charge in [-0.05, 0) is 128 Å². The average molecular weight is 582 g/mol. The van der Waals surface area contributed by atoms with E-state index in [0.717, 1.165) is 67.2 Å². The van der Waals surface area contributed by atoms with Gasteiger partial charge in [0.1, 0.15) is 0 Å². The number of aliphatic carboxylic acids is 1. The number of H-pyrrole nitrogens is 1. The predicted octanol–water partition coefficient (Wildman–Crippen LogP) is 9.02. The minimum atomic E-state index is -0.690. The van der Waals surface area contributed by atoms with E-state index in [4.69, 9.17) is 0 Å². The van der Waals surface area contributed by atoms with Crippen LogP contribution in [-0.2, 0) is 10.2 Å². The van der Waals surface area contributed by atoms with Crippen LogP contribution in [0.15, 0.2) is 42.1 Å². The summed E-state index contributed by atoms with van der Waals surface area (Å²) in [6, 6.07) is 8.39. The van der Waals surface area contributed by atoms with E-state index >= 15 is 0 Å². The SMILES string of the molecule is Cc1ccc2c(C3C=C4[C@@](C)(CC[C@@]5(C)[C@@H]6C[C@](C)(C(=O)O)CC[C@]6(C)CC[C@]45C)c4cc(O)c(O)c(C)c43)c[nH]c2c1. The predicted molar refractivity (Wildman–Crippen MR) is 171 cm³/mol. The Kier molecular flexibility index (Phi) is 5.78. The molecule has 4 N–H and O–H groups in total. The van der Waals surface area contributed by atoms with E-state index in [-0.39, 0.29) is 39.1 Å². The second-order valence-corrected chi connectivity index (χ2v) is 16.0. The maximum absolute atomic E-state index is 12.6. The molecule has 0 radical (unpaired) electrons. The summed E-state index contributed by atoms with van der Waals surface area (Å²) in [5, 5.41) is 33.5. The van der Waals surface area contributed by atoms with Crippen LogP contribution in [0.3, 0.4) is 0 Å². The lowest BCUT2D eigenvalue weighted by Gasteiger charge is -2.70. The molecule has 0 saturated heterocycles. The molecule has 5 heteroatoms. The quantitative estimate of drug-likeness (QED) is 0.179. The zero-order chi connectivity index (χ0) is 30.9. The number of hydrogen-bond acceptors (Lipinski definition) is 3. The molecule has 7 atom stereocenters. The van der Waals surface area contributed by atoms with Crippen molar-refractivity contribution in [1.29, 1.82) is 0 Å². The Morgan fingerprint density at radius 2 is 1.65 bits per heavy atom. The number of carboxylic acid groups (broad SMARTS) is 1. The number of phenols is 2. The van der Waals surface area contributed by atoms with Gasteiger partial charge in [0, 0.05) is 28.4 Å². The molecule has 0 amide bonds. The van der Waals surface area contributed by atoms with Gasteiger partial charge in [0.25, 0.3) is 0 Å². The number of aromatic nitrogens is 1. The number of phenolic OH excluding ortho intramolecular Hbond substituents is 2. The highest BCUT2D eigenvalue weighted by Crippen LogP contribution is 2.75. The smallest absolute Gasteiger partial charge is 0.309 e. The Morgan fingerprint density at radius 3 is 2.37 bits per heavy atom. The van der Waals surface area contributed by atoms with Crippen molar-refractivity contribution in [1.82, 2.24) is 4.98 Å². The lowest BCUT2D eigenvalue weighted by atomic mass is 9.34. The number of aromatic amines is 1. The van der Waals surface area contributed by atoms with Gasteiger partial charge < -0.3 is 20.3 Å². The van der Waals surface area contributed by atoms with Gasteiger partial charge in [0.05, 0.1) is 5.41 Å². The molecule has 1 heterocycles. The number of rotatable bonds is 2. The van der Waals surface area contributed by atoms with E-state index in [9.17, 15) is 20.1 Å². The molecule has 228 valence electrons. The Hall–Kier alpha value is -3.21. The molecular formula is C38H47NO4. The van der Waals surface area contributed by atoms with Crippen LogP contribution in [0, 0.1) is 41.4 Å². The standard InChI is InChI=1S/C38H47NO4/c1-21-8-9-23-25(20-39-27(23)16-21)24-17-29-36(5,26-18-28(40)32(41)22(2)31(24)26)13-15-38(7)30-19-35(4,33(42)43)11-10-34(30,3)12-14-37(29,38)6/h8-9,16-18,20,24,30,39-41H,10-15,19H2,1-7H3,(H,42,43)/t24?,30-,34-,35-,36+,37-,38+/m1/s1. The zero-order valence-electron chi connectivity index (χ0n) is 26.8. The van der Waals surface area contributed by atoms with Gasteiger partial charge in [-0.15, -0.1) is 0 Å². The third-order valence-corrected chi connectivity index (χ3v) is 13.8. The van der Waals surface area contributed by atoms with Crippen molar-refractivity contribution in [3.8, 4) is 11.5 Å². The number of carbonyl (C=O) groups is 1. The van der Waals surface area contributed by atoms with Gasteiger partial charge in [-0.3, -0.25) is 4.79 Å². The Bertz CT molecular complexity index is 1730. The van der Waals surface area contributed by atoms with Crippen molar-refractivity contribution in [3.05, 3.63) is 69.9 Å². The zero-order valence-corrected chi connectivity index (χ0v) is 26.8. The van der Waals surface area contributed by atoms with Crippen molar-refractivity contribution in [2.24, 2.45) is 27.6 Å². The topological polar surface area (TPSA) is 93.6 Å². The lowest BCUT2D eigenvalue weighted by molar-refractivity contribution is -0.177. The van der Waals surface area contributed by atoms with E-state index in [1.807, 2.05) is 19.9 Å². The Balaban J connectivity index is 1.46. The van der Waals surface area contributed by atoms with E-state index < -0.39 is 11.4 Å². The number of hydrogen-bond donors (Lipinski definition) is 4. The number of allylic oxidation sites excluding steroid dienone is 2. The van der Waals surface area contributed by atoms with Crippen LogP contribution in [-0.4, -0.2) is 26.3 Å². The monoisotopic (exact) mass is 581 g/mol. The molecule has 3 aromatic rings. The average Bonchev–Trinajstić information content (AvgIpc) is 3.37. The number of carboxylic acids is 1. The molecule has 5 nitrogen and oxygen atoms in total. The minimum absolute atomic E-state index is 0.0321. The first-order valence-electron chi connectivity index (χ1n) is 16.2. The van der Waals surface area contributed by atoms with Crippen molar-refractivity contribution in [2.45, 2.75) is 105 Å². The largest absolute Gasteiger partial charge is 0.504 e.